The maximum Gasteiger partial charge on any atom is 0.408 e. The summed E-state index contributed by atoms with van der Waals surface area (Å²) >= 11 is 0. The SMILES string of the molecule is CCC(CC)(NC(=O)OCC1c2ccccc2-c2ccccc21)C(=O)N1CCC2C(C1)C2C(=O)O. The lowest BCUT2D eigenvalue weighted by molar-refractivity contribution is -0.141. The van der Waals surface area contributed by atoms with Gasteiger partial charge < -0.3 is 20.1 Å². The molecular weight excluding hydrogens is 444 g/mol. The van der Waals surface area contributed by atoms with Gasteiger partial charge in [-0.3, -0.25) is 9.59 Å². The summed E-state index contributed by atoms with van der Waals surface area (Å²) in [5.41, 5.74) is 3.52. The Bertz CT molecular complexity index is 1110. The molecule has 184 valence electrons. The van der Waals surface area contributed by atoms with Crippen LogP contribution in [-0.2, 0) is 14.3 Å². The number of carbonyl (C=O) groups is 3. The van der Waals surface area contributed by atoms with Gasteiger partial charge >= 0.3 is 12.1 Å². The van der Waals surface area contributed by atoms with Gasteiger partial charge in [-0.15, -0.1) is 0 Å². The first-order valence-electron chi connectivity index (χ1n) is 12.6. The van der Waals surface area contributed by atoms with Crippen LogP contribution in [0.3, 0.4) is 0 Å². The number of likely N-dealkylation sites (tertiary alicyclic amines) is 1. The van der Waals surface area contributed by atoms with Crippen molar-refractivity contribution in [1.29, 1.82) is 0 Å². The van der Waals surface area contributed by atoms with Crippen LogP contribution in [0.1, 0.15) is 50.2 Å². The molecule has 2 aliphatic carbocycles. The van der Waals surface area contributed by atoms with Crippen LogP contribution < -0.4 is 5.32 Å². The fourth-order valence-electron chi connectivity index (χ4n) is 6.20. The highest BCUT2D eigenvalue weighted by molar-refractivity contribution is 5.90. The molecule has 2 amide bonds. The number of carbonyl (C=O) groups excluding carboxylic acids is 2. The van der Waals surface area contributed by atoms with E-state index in [1.54, 1.807) is 4.90 Å². The molecule has 3 aliphatic rings. The van der Waals surface area contributed by atoms with Gasteiger partial charge in [0.25, 0.3) is 0 Å². The summed E-state index contributed by atoms with van der Waals surface area (Å²) in [4.78, 5) is 39.7. The highest BCUT2D eigenvalue weighted by Gasteiger charge is 2.58. The molecule has 7 heteroatoms. The van der Waals surface area contributed by atoms with Gasteiger partial charge in [-0.2, -0.15) is 0 Å². The van der Waals surface area contributed by atoms with Crippen molar-refractivity contribution in [3.63, 3.8) is 0 Å². The Morgan fingerprint density at radius 1 is 1.00 bits per heavy atom. The summed E-state index contributed by atoms with van der Waals surface area (Å²) in [5, 5.41) is 12.3. The number of carboxylic acids is 1. The number of nitrogens with one attached hydrogen (secondary N) is 1. The summed E-state index contributed by atoms with van der Waals surface area (Å²) < 4.78 is 5.72. The van der Waals surface area contributed by atoms with Gasteiger partial charge in [0.2, 0.25) is 5.91 Å². The van der Waals surface area contributed by atoms with Crippen LogP contribution in [0.2, 0.25) is 0 Å². The summed E-state index contributed by atoms with van der Waals surface area (Å²) in [6, 6.07) is 16.3. The van der Waals surface area contributed by atoms with E-state index in [1.165, 1.54) is 0 Å². The van der Waals surface area contributed by atoms with Crippen molar-refractivity contribution in [2.24, 2.45) is 17.8 Å². The molecule has 0 radical (unpaired) electrons. The third-order valence-corrected chi connectivity index (χ3v) is 8.37. The third-order valence-electron chi connectivity index (χ3n) is 8.37. The smallest absolute Gasteiger partial charge is 0.408 e. The zero-order valence-corrected chi connectivity index (χ0v) is 20.2. The van der Waals surface area contributed by atoms with Crippen molar-refractivity contribution in [2.75, 3.05) is 19.7 Å². The minimum absolute atomic E-state index is 0.0195. The molecule has 2 N–H and O–H groups in total. The van der Waals surface area contributed by atoms with Crippen molar-refractivity contribution >= 4 is 18.0 Å². The summed E-state index contributed by atoms with van der Waals surface area (Å²) in [6.07, 6.45) is 0.953. The largest absolute Gasteiger partial charge is 0.481 e. The molecule has 35 heavy (non-hydrogen) atoms. The minimum atomic E-state index is -1.07. The van der Waals surface area contributed by atoms with E-state index in [9.17, 15) is 19.5 Å². The Labute approximate surface area is 205 Å². The summed E-state index contributed by atoms with van der Waals surface area (Å²) in [7, 11) is 0. The number of rotatable bonds is 7. The zero-order valence-electron chi connectivity index (χ0n) is 20.2. The average Bonchev–Trinajstić information content (AvgIpc) is 3.53. The van der Waals surface area contributed by atoms with E-state index < -0.39 is 17.6 Å². The monoisotopic (exact) mass is 476 g/mol. The highest BCUT2D eigenvalue weighted by atomic mass is 16.5. The maximum atomic E-state index is 13.6. The molecular formula is C28H32N2O5. The molecule has 3 atom stereocenters. The van der Waals surface area contributed by atoms with Crippen molar-refractivity contribution in [2.45, 2.75) is 44.6 Å². The quantitative estimate of drug-likeness (QED) is 0.622. The van der Waals surface area contributed by atoms with Gasteiger partial charge in [0.15, 0.2) is 0 Å². The fourth-order valence-corrected chi connectivity index (χ4v) is 6.20. The van der Waals surface area contributed by atoms with E-state index in [-0.39, 0.29) is 36.2 Å². The van der Waals surface area contributed by atoms with Gasteiger partial charge in [-0.25, -0.2) is 4.79 Å². The molecule has 1 saturated carbocycles. The average molecular weight is 477 g/mol. The molecule has 2 aromatic rings. The molecule has 1 heterocycles. The van der Waals surface area contributed by atoms with E-state index in [0.717, 1.165) is 22.3 Å². The normalized spacial score (nSPS) is 22.6. The fraction of sp³-hybridized carbons (Fsp3) is 0.464. The summed E-state index contributed by atoms with van der Waals surface area (Å²) in [5.74, 6) is -1.13. The van der Waals surface area contributed by atoms with Gasteiger partial charge in [0, 0.05) is 19.0 Å². The number of amides is 2. The van der Waals surface area contributed by atoms with E-state index in [2.05, 4.69) is 29.6 Å². The van der Waals surface area contributed by atoms with Gasteiger partial charge in [-0.05, 0) is 53.4 Å². The molecule has 1 saturated heterocycles. The van der Waals surface area contributed by atoms with Crippen LogP contribution in [0.25, 0.3) is 11.1 Å². The highest BCUT2D eigenvalue weighted by Crippen LogP contribution is 2.52. The lowest BCUT2D eigenvalue weighted by Gasteiger charge is -2.38. The summed E-state index contributed by atoms with van der Waals surface area (Å²) in [6.45, 7) is 4.92. The second-order valence-corrected chi connectivity index (χ2v) is 9.97. The zero-order chi connectivity index (χ0) is 24.7. The van der Waals surface area contributed by atoms with E-state index in [1.807, 2.05) is 38.1 Å². The molecule has 7 nitrogen and oxygen atoms in total. The first kappa shape index (κ1) is 23.4. The minimum Gasteiger partial charge on any atom is -0.481 e. The molecule has 2 fully saturated rings. The number of piperidine rings is 1. The Balaban J connectivity index is 1.26. The van der Waals surface area contributed by atoms with Gasteiger partial charge in [-0.1, -0.05) is 62.4 Å². The lowest BCUT2D eigenvalue weighted by Crippen LogP contribution is -2.60. The van der Waals surface area contributed by atoms with Crippen LogP contribution in [0.5, 0.6) is 0 Å². The Kier molecular flexibility index (Phi) is 6.03. The standard InChI is InChI=1S/C28H32N2O5/c1-3-28(4-2,26(33)30-14-13-21-22(15-30)24(21)25(31)32)29-27(34)35-16-23-19-11-7-5-9-17(19)18-10-6-8-12-20(18)23/h5-12,21-24H,3-4,13-16H2,1-2H3,(H,29,34)(H,31,32). The van der Waals surface area contributed by atoms with Gasteiger partial charge in [0.1, 0.15) is 12.1 Å². The van der Waals surface area contributed by atoms with Crippen molar-refractivity contribution in [3.05, 3.63) is 59.7 Å². The first-order valence-corrected chi connectivity index (χ1v) is 12.6. The number of benzene rings is 2. The van der Waals surface area contributed by atoms with E-state index in [4.69, 9.17) is 4.74 Å². The topological polar surface area (TPSA) is 95.9 Å². The van der Waals surface area contributed by atoms with Gasteiger partial charge in [0.05, 0.1) is 5.92 Å². The Morgan fingerprint density at radius 2 is 1.60 bits per heavy atom. The van der Waals surface area contributed by atoms with E-state index >= 15 is 0 Å². The van der Waals surface area contributed by atoms with Crippen molar-refractivity contribution in [3.8, 4) is 11.1 Å². The Hall–Kier alpha value is -3.35. The molecule has 0 spiro atoms. The Morgan fingerprint density at radius 3 is 2.17 bits per heavy atom. The molecule has 3 unspecified atom stereocenters. The number of hydrogen-bond donors (Lipinski definition) is 2. The van der Waals surface area contributed by atoms with Crippen LogP contribution in [-0.4, -0.2) is 53.2 Å². The number of ether oxygens (including phenoxy) is 1. The second kappa shape index (κ2) is 9.02. The third kappa shape index (κ3) is 3.97. The van der Waals surface area contributed by atoms with Crippen LogP contribution in [0.15, 0.2) is 48.5 Å². The number of aliphatic carboxylic acids is 1. The predicted octanol–water partition coefficient (Wildman–Crippen LogP) is 4.26. The van der Waals surface area contributed by atoms with Crippen LogP contribution >= 0.6 is 0 Å². The van der Waals surface area contributed by atoms with Crippen LogP contribution in [0, 0.1) is 17.8 Å². The maximum absolute atomic E-state index is 13.6. The number of hydrogen-bond acceptors (Lipinski definition) is 4. The number of carboxylic acid groups (broad SMARTS) is 1. The van der Waals surface area contributed by atoms with Crippen molar-refractivity contribution in [1.82, 2.24) is 10.2 Å². The first-order chi connectivity index (χ1) is 16.9. The second-order valence-electron chi connectivity index (χ2n) is 9.97. The molecule has 2 aromatic carbocycles. The number of nitrogens with zero attached hydrogens (tertiary/aromatic N) is 1. The lowest BCUT2D eigenvalue weighted by atomic mass is 9.90. The number of fused-ring (bicyclic) bond motifs is 4. The molecule has 1 aliphatic heterocycles. The van der Waals surface area contributed by atoms with E-state index in [0.29, 0.717) is 32.4 Å². The van der Waals surface area contributed by atoms with Crippen molar-refractivity contribution < 1.29 is 24.2 Å². The molecule has 0 bridgehead atoms. The molecule has 0 aromatic heterocycles. The number of alkyl carbamates (subject to hydrolysis) is 1. The van der Waals surface area contributed by atoms with Crippen LogP contribution in [0.4, 0.5) is 4.79 Å². The predicted molar refractivity (Wildman–Crippen MR) is 131 cm³/mol. The molecule has 5 rings (SSSR count).